The molecule has 0 amide bonds. The van der Waals surface area contributed by atoms with Gasteiger partial charge in [0.1, 0.15) is 0 Å². The summed E-state index contributed by atoms with van der Waals surface area (Å²) in [7, 11) is 0. The summed E-state index contributed by atoms with van der Waals surface area (Å²) in [6.07, 6.45) is -4.85. The van der Waals surface area contributed by atoms with Crippen molar-refractivity contribution in [2.75, 3.05) is 0 Å². The molecular formula is C9H9BrF3NO2S. The zero-order chi connectivity index (χ0) is 13.3. The van der Waals surface area contributed by atoms with Crippen LogP contribution in [0.15, 0.2) is 15.9 Å². The predicted molar refractivity (Wildman–Crippen MR) is 61.0 cm³/mol. The van der Waals surface area contributed by atoms with Crippen molar-refractivity contribution in [2.45, 2.75) is 25.2 Å². The van der Waals surface area contributed by atoms with Gasteiger partial charge in [0.15, 0.2) is 0 Å². The van der Waals surface area contributed by atoms with Gasteiger partial charge in [-0.2, -0.15) is 13.2 Å². The fraction of sp³-hybridized carbons (Fsp3) is 0.444. The molecule has 17 heavy (non-hydrogen) atoms. The first-order valence-electron chi connectivity index (χ1n) is 4.46. The van der Waals surface area contributed by atoms with E-state index in [1.54, 1.807) is 12.1 Å². The lowest BCUT2D eigenvalue weighted by molar-refractivity contribution is -0.206. The van der Waals surface area contributed by atoms with Crippen LogP contribution in [-0.2, 0) is 11.3 Å². The second-order valence-electron chi connectivity index (χ2n) is 3.49. The van der Waals surface area contributed by atoms with Crippen molar-refractivity contribution >= 4 is 33.2 Å². The molecule has 1 aromatic rings. The van der Waals surface area contributed by atoms with Crippen LogP contribution in [0.2, 0.25) is 0 Å². The van der Waals surface area contributed by atoms with Gasteiger partial charge in [0.05, 0.1) is 3.79 Å². The van der Waals surface area contributed by atoms with Crippen molar-refractivity contribution in [3.63, 3.8) is 0 Å². The largest absolute Gasteiger partial charge is 0.480 e. The third kappa shape index (κ3) is 3.20. The Morgan fingerprint density at radius 2 is 2.12 bits per heavy atom. The van der Waals surface area contributed by atoms with Crippen molar-refractivity contribution in [3.8, 4) is 0 Å². The van der Waals surface area contributed by atoms with E-state index in [0.717, 1.165) is 3.79 Å². The lowest BCUT2D eigenvalue weighted by atomic mass is 10.0. The van der Waals surface area contributed by atoms with Gasteiger partial charge in [0.25, 0.3) is 0 Å². The number of hydrogen-bond acceptors (Lipinski definition) is 3. The van der Waals surface area contributed by atoms with E-state index >= 15 is 0 Å². The molecule has 0 bridgehead atoms. The molecule has 1 atom stereocenters. The van der Waals surface area contributed by atoms with Crippen molar-refractivity contribution in [2.24, 2.45) is 0 Å². The first kappa shape index (κ1) is 14.5. The lowest BCUT2D eigenvalue weighted by Crippen LogP contribution is -2.59. The highest BCUT2D eigenvalue weighted by Gasteiger charge is 2.57. The van der Waals surface area contributed by atoms with Gasteiger partial charge < -0.3 is 5.11 Å². The minimum absolute atomic E-state index is 0.154. The van der Waals surface area contributed by atoms with E-state index in [9.17, 15) is 18.0 Å². The summed E-state index contributed by atoms with van der Waals surface area (Å²) < 4.78 is 38.6. The van der Waals surface area contributed by atoms with E-state index in [4.69, 9.17) is 5.11 Å². The van der Waals surface area contributed by atoms with E-state index in [2.05, 4.69) is 15.9 Å². The molecule has 0 saturated carbocycles. The van der Waals surface area contributed by atoms with Crippen LogP contribution in [0.3, 0.4) is 0 Å². The fourth-order valence-electron chi connectivity index (χ4n) is 1.01. The molecule has 0 aliphatic heterocycles. The number of thiophene rings is 1. The van der Waals surface area contributed by atoms with Gasteiger partial charge in [0, 0.05) is 11.4 Å². The highest BCUT2D eigenvalue weighted by Crippen LogP contribution is 2.31. The summed E-state index contributed by atoms with van der Waals surface area (Å²) in [4.78, 5) is 11.3. The molecule has 1 rings (SSSR count). The number of rotatable bonds is 4. The molecule has 0 spiro atoms. The van der Waals surface area contributed by atoms with Crippen LogP contribution >= 0.6 is 27.3 Å². The van der Waals surface area contributed by atoms with Gasteiger partial charge in [-0.05, 0) is 35.0 Å². The summed E-state index contributed by atoms with van der Waals surface area (Å²) in [5.74, 6) is -1.94. The van der Waals surface area contributed by atoms with Crippen LogP contribution in [0.1, 0.15) is 11.8 Å². The zero-order valence-corrected chi connectivity index (χ0v) is 11.0. The average Bonchev–Trinajstić information content (AvgIpc) is 2.58. The Hall–Kier alpha value is -0.600. The van der Waals surface area contributed by atoms with Crippen molar-refractivity contribution < 1.29 is 23.1 Å². The third-order valence-corrected chi connectivity index (χ3v) is 3.86. The molecule has 0 aromatic carbocycles. The Bertz CT molecular complexity index is 421. The Labute approximate surface area is 108 Å². The van der Waals surface area contributed by atoms with E-state index in [1.807, 2.05) is 5.32 Å². The second-order valence-corrected chi connectivity index (χ2v) is 6.03. The van der Waals surface area contributed by atoms with Crippen molar-refractivity contribution in [1.29, 1.82) is 0 Å². The number of halogens is 4. The van der Waals surface area contributed by atoms with E-state index in [0.29, 0.717) is 11.8 Å². The third-order valence-electron chi connectivity index (χ3n) is 2.24. The highest BCUT2D eigenvalue weighted by molar-refractivity contribution is 9.11. The van der Waals surface area contributed by atoms with Crippen LogP contribution in [0, 0.1) is 0 Å². The Morgan fingerprint density at radius 3 is 2.47 bits per heavy atom. The lowest BCUT2D eigenvalue weighted by Gasteiger charge is -2.28. The molecule has 0 aliphatic carbocycles. The number of carboxylic acid groups (broad SMARTS) is 1. The van der Waals surface area contributed by atoms with Crippen LogP contribution in [-0.4, -0.2) is 22.8 Å². The van der Waals surface area contributed by atoms with E-state index in [1.165, 1.54) is 11.3 Å². The van der Waals surface area contributed by atoms with Gasteiger partial charge >= 0.3 is 12.1 Å². The Morgan fingerprint density at radius 1 is 1.53 bits per heavy atom. The summed E-state index contributed by atoms with van der Waals surface area (Å²) in [5.41, 5.74) is -2.94. The van der Waals surface area contributed by atoms with Gasteiger partial charge in [-0.1, -0.05) is 0 Å². The molecule has 2 N–H and O–H groups in total. The molecule has 3 nitrogen and oxygen atoms in total. The molecule has 1 unspecified atom stereocenters. The molecule has 96 valence electrons. The number of hydrogen-bond donors (Lipinski definition) is 2. The van der Waals surface area contributed by atoms with Gasteiger partial charge in [0.2, 0.25) is 5.54 Å². The fourth-order valence-corrected chi connectivity index (χ4v) is 2.43. The molecule has 8 heteroatoms. The second kappa shape index (κ2) is 4.95. The van der Waals surface area contributed by atoms with Crippen molar-refractivity contribution in [1.82, 2.24) is 5.32 Å². The van der Waals surface area contributed by atoms with E-state index < -0.39 is 17.7 Å². The molecule has 0 radical (unpaired) electrons. The molecule has 1 heterocycles. The summed E-state index contributed by atoms with van der Waals surface area (Å²) in [5, 5.41) is 10.7. The maximum absolute atomic E-state index is 12.6. The number of carbonyl (C=O) groups is 1. The maximum atomic E-state index is 12.6. The summed E-state index contributed by atoms with van der Waals surface area (Å²) in [6, 6.07) is 3.31. The summed E-state index contributed by atoms with van der Waals surface area (Å²) in [6.45, 7) is 0.455. The Balaban J connectivity index is 2.79. The minimum atomic E-state index is -4.85. The van der Waals surface area contributed by atoms with Crippen LogP contribution < -0.4 is 5.32 Å². The maximum Gasteiger partial charge on any atom is 0.417 e. The molecule has 0 aliphatic rings. The van der Waals surface area contributed by atoms with Gasteiger partial charge in [-0.3, -0.25) is 5.32 Å². The SMILES string of the molecule is CC(NCc1ccc(Br)s1)(C(=O)O)C(F)(F)F. The summed E-state index contributed by atoms with van der Waals surface area (Å²) >= 11 is 4.42. The quantitative estimate of drug-likeness (QED) is 0.891. The van der Waals surface area contributed by atoms with Crippen LogP contribution in [0.5, 0.6) is 0 Å². The number of nitrogens with one attached hydrogen (secondary N) is 1. The highest BCUT2D eigenvalue weighted by atomic mass is 79.9. The number of aliphatic carboxylic acids is 1. The van der Waals surface area contributed by atoms with Crippen LogP contribution in [0.25, 0.3) is 0 Å². The molecule has 0 saturated heterocycles. The first-order valence-corrected chi connectivity index (χ1v) is 6.07. The predicted octanol–water partition coefficient (Wildman–Crippen LogP) is 3.01. The Kier molecular flexibility index (Phi) is 4.21. The molecule has 0 fully saturated rings. The van der Waals surface area contributed by atoms with Crippen molar-refractivity contribution in [3.05, 3.63) is 20.8 Å². The first-order chi connectivity index (χ1) is 7.67. The van der Waals surface area contributed by atoms with E-state index in [-0.39, 0.29) is 6.54 Å². The number of carboxylic acids is 1. The average molecular weight is 332 g/mol. The number of alkyl halides is 3. The van der Waals surface area contributed by atoms with Gasteiger partial charge in [-0.15, -0.1) is 11.3 Å². The van der Waals surface area contributed by atoms with Crippen LogP contribution in [0.4, 0.5) is 13.2 Å². The normalized spacial score (nSPS) is 15.6. The molecule has 1 aromatic heterocycles. The minimum Gasteiger partial charge on any atom is -0.480 e. The smallest absolute Gasteiger partial charge is 0.417 e. The zero-order valence-electron chi connectivity index (χ0n) is 8.64. The monoisotopic (exact) mass is 331 g/mol. The molecular weight excluding hydrogens is 323 g/mol. The topological polar surface area (TPSA) is 49.3 Å². The van der Waals surface area contributed by atoms with Gasteiger partial charge in [-0.25, -0.2) is 4.79 Å². The standard InChI is InChI=1S/C9H9BrF3NO2S/c1-8(7(15)16,9(11,12)13)14-4-5-2-3-6(10)17-5/h2-3,14H,4H2,1H3,(H,15,16).